The number of para-hydroxylation sites is 2. The summed E-state index contributed by atoms with van der Waals surface area (Å²) in [6.07, 6.45) is 6.24. The second kappa shape index (κ2) is 7.41. The third-order valence-corrected chi connectivity index (χ3v) is 6.81. The molecule has 0 aliphatic heterocycles. The van der Waals surface area contributed by atoms with E-state index >= 15 is 0 Å². The summed E-state index contributed by atoms with van der Waals surface area (Å²) in [6.45, 7) is 0.0576. The number of thiophene rings is 1. The molecular formula is C22H17N5O4S. The lowest BCUT2D eigenvalue weighted by Crippen LogP contribution is -1.99. The van der Waals surface area contributed by atoms with E-state index in [9.17, 15) is 10.1 Å². The molecular weight excluding hydrogens is 430 g/mol. The zero-order chi connectivity index (χ0) is 21.7. The van der Waals surface area contributed by atoms with Crippen LogP contribution in [0.2, 0.25) is 0 Å². The predicted molar refractivity (Wildman–Crippen MR) is 118 cm³/mol. The van der Waals surface area contributed by atoms with Gasteiger partial charge in [0.15, 0.2) is 17.2 Å². The van der Waals surface area contributed by atoms with Crippen molar-refractivity contribution in [1.82, 2.24) is 19.6 Å². The van der Waals surface area contributed by atoms with Crippen molar-refractivity contribution in [2.45, 2.75) is 32.3 Å². The summed E-state index contributed by atoms with van der Waals surface area (Å²) in [4.78, 5) is 22.4. The zero-order valence-electron chi connectivity index (χ0n) is 16.9. The molecule has 6 rings (SSSR count). The minimum absolute atomic E-state index is 0.0576. The van der Waals surface area contributed by atoms with Gasteiger partial charge in [0.1, 0.15) is 23.5 Å². The highest BCUT2D eigenvalue weighted by molar-refractivity contribution is 7.19. The van der Waals surface area contributed by atoms with Crippen LogP contribution >= 0.6 is 11.3 Å². The third-order valence-electron chi connectivity index (χ3n) is 5.61. The first-order chi connectivity index (χ1) is 15.7. The Labute approximate surface area is 185 Å². The average molecular weight is 447 g/mol. The predicted octanol–water partition coefficient (Wildman–Crippen LogP) is 4.97. The highest BCUT2D eigenvalue weighted by atomic mass is 32.1. The van der Waals surface area contributed by atoms with E-state index in [1.807, 2.05) is 0 Å². The lowest BCUT2D eigenvalue weighted by Gasteiger charge is -2.09. The van der Waals surface area contributed by atoms with E-state index in [4.69, 9.17) is 14.1 Å². The maximum Gasteiger partial charge on any atom is 0.310 e. The Morgan fingerprint density at radius 1 is 1.19 bits per heavy atom. The number of hydrogen-bond donors (Lipinski definition) is 0. The Bertz CT molecular complexity index is 1480. The Morgan fingerprint density at radius 3 is 2.97 bits per heavy atom. The van der Waals surface area contributed by atoms with Crippen LogP contribution in [0.4, 0.5) is 5.69 Å². The molecule has 0 unspecified atom stereocenters. The molecule has 5 aromatic rings. The van der Waals surface area contributed by atoms with Gasteiger partial charge in [0.2, 0.25) is 5.82 Å². The van der Waals surface area contributed by atoms with Crippen molar-refractivity contribution >= 4 is 32.9 Å². The number of rotatable bonds is 5. The average Bonchev–Trinajstić information content (AvgIpc) is 3.53. The quantitative estimate of drug-likeness (QED) is 0.276. The van der Waals surface area contributed by atoms with E-state index in [2.05, 4.69) is 10.1 Å². The Balaban J connectivity index is 1.30. The van der Waals surface area contributed by atoms with E-state index < -0.39 is 4.92 Å². The van der Waals surface area contributed by atoms with Crippen molar-refractivity contribution in [3.63, 3.8) is 0 Å². The lowest BCUT2D eigenvalue weighted by atomic mass is 9.97. The van der Waals surface area contributed by atoms with E-state index in [1.165, 1.54) is 29.3 Å². The fourth-order valence-corrected chi connectivity index (χ4v) is 5.34. The second-order valence-electron chi connectivity index (χ2n) is 7.62. The SMILES string of the molecule is O=[N+]([O-])c1ccccc1OCc1ccc(-c2nc3c4c5c(sc4ncn3n2)CCCC5)o1. The van der Waals surface area contributed by atoms with Gasteiger partial charge in [-0.25, -0.2) is 14.5 Å². The molecule has 10 heteroatoms. The Kier molecular flexibility index (Phi) is 4.39. The van der Waals surface area contributed by atoms with Gasteiger partial charge in [0.05, 0.1) is 10.3 Å². The number of ether oxygens (including phenoxy) is 1. The van der Waals surface area contributed by atoms with Gasteiger partial charge in [-0.1, -0.05) is 12.1 Å². The first-order valence-electron chi connectivity index (χ1n) is 10.3. The smallest absolute Gasteiger partial charge is 0.310 e. The first kappa shape index (κ1) is 18.9. The topological polar surface area (TPSA) is 109 Å². The van der Waals surface area contributed by atoms with Crippen LogP contribution < -0.4 is 4.74 Å². The normalized spacial score (nSPS) is 13.5. The number of hydrogen-bond acceptors (Lipinski definition) is 8. The van der Waals surface area contributed by atoms with Gasteiger partial charge in [0.25, 0.3) is 0 Å². The zero-order valence-corrected chi connectivity index (χ0v) is 17.7. The molecule has 1 aliphatic rings. The van der Waals surface area contributed by atoms with Crippen molar-refractivity contribution in [1.29, 1.82) is 0 Å². The molecule has 4 aromatic heterocycles. The molecule has 1 aromatic carbocycles. The molecule has 160 valence electrons. The molecule has 0 radical (unpaired) electrons. The Morgan fingerprint density at radius 2 is 2.06 bits per heavy atom. The third kappa shape index (κ3) is 3.11. The lowest BCUT2D eigenvalue weighted by molar-refractivity contribution is -0.386. The molecule has 32 heavy (non-hydrogen) atoms. The standard InChI is InChI=1S/C22H17N5O4S/c28-27(29)15-6-2-3-7-16(15)30-11-13-9-10-17(31-13)20-24-21-19-14-5-1-4-8-18(14)32-22(19)23-12-26(21)25-20/h2-3,6-7,9-10,12H,1,4-5,8,11H2. The highest BCUT2D eigenvalue weighted by Crippen LogP contribution is 2.37. The number of nitro groups is 1. The molecule has 0 atom stereocenters. The minimum Gasteiger partial charge on any atom is -0.479 e. The molecule has 0 bridgehead atoms. The van der Waals surface area contributed by atoms with Gasteiger partial charge < -0.3 is 9.15 Å². The van der Waals surface area contributed by atoms with E-state index in [0.717, 1.165) is 28.7 Å². The number of aromatic nitrogens is 4. The van der Waals surface area contributed by atoms with Crippen molar-refractivity contribution < 1.29 is 14.1 Å². The first-order valence-corrected chi connectivity index (χ1v) is 11.1. The summed E-state index contributed by atoms with van der Waals surface area (Å²) in [5.74, 6) is 1.68. The largest absolute Gasteiger partial charge is 0.479 e. The summed E-state index contributed by atoms with van der Waals surface area (Å²) in [5.41, 5.74) is 2.06. The van der Waals surface area contributed by atoms with Crippen LogP contribution in [0.25, 0.3) is 27.4 Å². The van der Waals surface area contributed by atoms with Crippen LogP contribution in [0.3, 0.4) is 0 Å². The van der Waals surface area contributed by atoms with Gasteiger partial charge in [-0.2, -0.15) is 0 Å². The van der Waals surface area contributed by atoms with Gasteiger partial charge in [-0.15, -0.1) is 16.4 Å². The van der Waals surface area contributed by atoms with Crippen molar-refractivity contribution in [3.05, 3.63) is 69.0 Å². The molecule has 0 saturated carbocycles. The van der Waals surface area contributed by atoms with Crippen molar-refractivity contribution in [3.8, 4) is 17.3 Å². The van der Waals surface area contributed by atoms with Gasteiger partial charge in [0, 0.05) is 10.9 Å². The summed E-state index contributed by atoms with van der Waals surface area (Å²) in [7, 11) is 0. The Hall–Kier alpha value is -3.79. The number of furan rings is 1. The number of nitro benzene ring substituents is 1. The monoisotopic (exact) mass is 447 g/mol. The number of nitrogens with zero attached hydrogens (tertiary/aromatic N) is 5. The van der Waals surface area contributed by atoms with Crippen molar-refractivity contribution in [2.75, 3.05) is 0 Å². The number of aryl methyl sites for hydroxylation is 2. The van der Waals surface area contributed by atoms with Gasteiger partial charge in [-0.3, -0.25) is 10.1 Å². The molecule has 9 nitrogen and oxygen atoms in total. The van der Waals surface area contributed by atoms with E-state index in [1.54, 1.807) is 52.5 Å². The minimum atomic E-state index is -0.471. The molecule has 0 N–H and O–H groups in total. The van der Waals surface area contributed by atoms with Crippen LogP contribution in [-0.2, 0) is 19.4 Å². The molecule has 0 amide bonds. The van der Waals surface area contributed by atoms with Crippen molar-refractivity contribution in [2.24, 2.45) is 0 Å². The van der Waals surface area contributed by atoms with Crippen LogP contribution in [-0.4, -0.2) is 24.5 Å². The summed E-state index contributed by atoms with van der Waals surface area (Å²) in [6, 6.07) is 9.79. The second-order valence-corrected chi connectivity index (χ2v) is 8.70. The summed E-state index contributed by atoms with van der Waals surface area (Å²) >= 11 is 1.75. The molecule has 1 aliphatic carbocycles. The number of benzene rings is 1. The molecule has 4 heterocycles. The summed E-state index contributed by atoms with van der Waals surface area (Å²) in [5, 5.41) is 16.8. The highest BCUT2D eigenvalue weighted by Gasteiger charge is 2.22. The maximum atomic E-state index is 11.1. The number of fused-ring (bicyclic) bond motifs is 5. The fraction of sp³-hybridized carbons (Fsp3) is 0.227. The van der Waals surface area contributed by atoms with Gasteiger partial charge in [-0.05, 0) is 49.4 Å². The fourth-order valence-electron chi connectivity index (χ4n) is 4.11. The van der Waals surface area contributed by atoms with E-state index in [0.29, 0.717) is 17.3 Å². The molecule has 0 fully saturated rings. The molecule has 0 spiro atoms. The maximum absolute atomic E-state index is 11.1. The van der Waals surface area contributed by atoms with Crippen LogP contribution in [0, 0.1) is 10.1 Å². The van der Waals surface area contributed by atoms with E-state index in [-0.39, 0.29) is 18.0 Å². The van der Waals surface area contributed by atoms with Crippen LogP contribution in [0.15, 0.2) is 47.1 Å². The van der Waals surface area contributed by atoms with Crippen LogP contribution in [0.5, 0.6) is 5.75 Å². The van der Waals surface area contributed by atoms with Gasteiger partial charge >= 0.3 is 5.69 Å². The summed E-state index contributed by atoms with van der Waals surface area (Å²) < 4.78 is 13.2. The van der Waals surface area contributed by atoms with Crippen LogP contribution in [0.1, 0.15) is 29.0 Å². The molecule has 0 saturated heterocycles.